The van der Waals surface area contributed by atoms with Gasteiger partial charge in [-0.3, -0.25) is 0 Å². The number of phenolic OH excluding ortho intramolecular Hbond substituents is 1. The third kappa shape index (κ3) is 8.90. The Balaban J connectivity index is 1.70. The van der Waals surface area contributed by atoms with Crippen LogP contribution < -0.4 is 4.57 Å². The molecule has 0 spiro atoms. The highest BCUT2D eigenvalue weighted by molar-refractivity contribution is 5.67. The van der Waals surface area contributed by atoms with Crippen molar-refractivity contribution in [3.05, 3.63) is 59.9 Å². The number of hydrogen-bond donors (Lipinski definition) is 1. The molecule has 0 fully saturated rings. The first-order chi connectivity index (χ1) is 13.3. The van der Waals surface area contributed by atoms with E-state index in [1.807, 2.05) is 12.1 Å². The minimum absolute atomic E-state index is 0.309. The third-order valence-corrected chi connectivity index (χ3v) is 5.05. The lowest BCUT2D eigenvalue weighted by Crippen LogP contribution is -2.36. The quantitative estimate of drug-likeness (QED) is 0.307. The van der Waals surface area contributed by atoms with Crippen molar-refractivity contribution in [3.63, 3.8) is 0 Å². The average Bonchev–Trinajstić information content (AvgIpc) is 2.68. The monoisotopic (exact) mass is 366 g/mol. The van der Waals surface area contributed by atoms with E-state index in [0.717, 1.165) is 12.1 Å². The summed E-state index contributed by atoms with van der Waals surface area (Å²) in [6.45, 7) is 3.34. The maximum Gasteiger partial charge on any atom is 0.205 e. The van der Waals surface area contributed by atoms with Crippen LogP contribution in [0.1, 0.15) is 82.4 Å². The van der Waals surface area contributed by atoms with Gasteiger partial charge in [-0.15, -0.1) is 0 Å². The first kappa shape index (κ1) is 21.2. The Bertz CT molecular complexity index is 678. The zero-order valence-electron chi connectivity index (χ0n) is 16.9. The van der Waals surface area contributed by atoms with Crippen LogP contribution in [0.15, 0.2) is 48.7 Å². The number of pyridine rings is 1. The molecule has 1 aromatic heterocycles. The zero-order chi connectivity index (χ0) is 19.2. The SMILES string of the molecule is CCCCCCCCCCCC[n+]1ccccc1/C=C/c1cccc(O)c1. The summed E-state index contributed by atoms with van der Waals surface area (Å²) in [5.74, 6) is 0.309. The molecule has 2 rings (SSSR count). The molecule has 0 bridgehead atoms. The van der Waals surface area contributed by atoms with Gasteiger partial charge in [-0.2, -0.15) is 4.57 Å². The molecule has 0 aliphatic carbocycles. The molecule has 1 aromatic carbocycles. The van der Waals surface area contributed by atoms with Crippen LogP contribution in [-0.2, 0) is 6.54 Å². The second-order valence-electron chi connectivity index (χ2n) is 7.43. The van der Waals surface area contributed by atoms with Crippen molar-refractivity contribution >= 4 is 12.2 Å². The maximum absolute atomic E-state index is 9.58. The summed E-state index contributed by atoms with van der Waals surface area (Å²) in [4.78, 5) is 0. The molecule has 0 amide bonds. The fourth-order valence-corrected chi connectivity index (χ4v) is 3.42. The number of aromatic nitrogens is 1. The molecule has 2 heteroatoms. The Morgan fingerprint density at radius 1 is 0.778 bits per heavy atom. The van der Waals surface area contributed by atoms with E-state index in [1.54, 1.807) is 12.1 Å². The van der Waals surface area contributed by atoms with E-state index in [2.05, 4.69) is 48.0 Å². The first-order valence-electron chi connectivity index (χ1n) is 10.7. The lowest BCUT2D eigenvalue weighted by molar-refractivity contribution is -0.699. The Morgan fingerprint density at radius 3 is 2.19 bits per heavy atom. The molecule has 0 saturated heterocycles. The summed E-state index contributed by atoms with van der Waals surface area (Å²) < 4.78 is 2.32. The molecule has 146 valence electrons. The Morgan fingerprint density at radius 2 is 1.48 bits per heavy atom. The molecule has 0 radical (unpaired) electrons. The summed E-state index contributed by atoms with van der Waals surface area (Å²) in [6.07, 6.45) is 20.0. The standard InChI is InChI=1S/C25H35NO/c1-2-3-4-5-6-7-8-9-10-12-20-26-21-13-11-16-24(26)19-18-23-15-14-17-25(27)22-23/h11,13-19,21-22H,2-10,12,20H2,1H3/p+1/b19-18+. The summed E-state index contributed by atoms with van der Waals surface area (Å²) in [6, 6.07) is 13.7. The molecule has 2 nitrogen and oxygen atoms in total. The molecule has 2 aromatic rings. The average molecular weight is 367 g/mol. The smallest absolute Gasteiger partial charge is 0.205 e. The molecule has 27 heavy (non-hydrogen) atoms. The lowest BCUT2D eigenvalue weighted by atomic mass is 10.1. The summed E-state index contributed by atoms with van der Waals surface area (Å²) in [7, 11) is 0. The number of unbranched alkanes of at least 4 members (excludes halogenated alkanes) is 9. The normalized spacial score (nSPS) is 11.3. The second kappa shape index (κ2) is 13.1. The van der Waals surface area contributed by atoms with Crippen molar-refractivity contribution < 1.29 is 9.67 Å². The van der Waals surface area contributed by atoms with Gasteiger partial charge in [-0.25, -0.2) is 0 Å². The van der Waals surface area contributed by atoms with Crippen molar-refractivity contribution in [3.8, 4) is 5.75 Å². The van der Waals surface area contributed by atoms with E-state index in [0.29, 0.717) is 5.75 Å². The van der Waals surface area contributed by atoms with E-state index in [1.165, 1.54) is 69.9 Å². The number of rotatable bonds is 13. The van der Waals surface area contributed by atoms with Crippen LogP contribution in [0.25, 0.3) is 12.2 Å². The van der Waals surface area contributed by atoms with E-state index in [-0.39, 0.29) is 0 Å². The van der Waals surface area contributed by atoms with Gasteiger partial charge in [0.25, 0.3) is 0 Å². The van der Waals surface area contributed by atoms with Gasteiger partial charge in [0.1, 0.15) is 12.3 Å². The predicted molar refractivity (Wildman–Crippen MR) is 116 cm³/mol. The summed E-state index contributed by atoms with van der Waals surface area (Å²) >= 11 is 0. The molecule has 1 N–H and O–H groups in total. The number of hydrogen-bond acceptors (Lipinski definition) is 1. The van der Waals surface area contributed by atoms with Gasteiger partial charge >= 0.3 is 0 Å². The minimum Gasteiger partial charge on any atom is -0.508 e. The van der Waals surface area contributed by atoms with Crippen molar-refractivity contribution in [1.82, 2.24) is 0 Å². The van der Waals surface area contributed by atoms with Crippen molar-refractivity contribution in [2.24, 2.45) is 0 Å². The van der Waals surface area contributed by atoms with E-state index in [9.17, 15) is 5.11 Å². The van der Waals surface area contributed by atoms with E-state index >= 15 is 0 Å². The van der Waals surface area contributed by atoms with Crippen LogP contribution in [0.5, 0.6) is 5.75 Å². The van der Waals surface area contributed by atoms with Gasteiger partial charge in [0, 0.05) is 24.6 Å². The topological polar surface area (TPSA) is 24.1 Å². The van der Waals surface area contributed by atoms with Gasteiger partial charge in [0.05, 0.1) is 0 Å². The lowest BCUT2D eigenvalue weighted by Gasteiger charge is -2.03. The van der Waals surface area contributed by atoms with Gasteiger partial charge in [0.2, 0.25) is 5.69 Å². The molecule has 0 aliphatic heterocycles. The van der Waals surface area contributed by atoms with Gasteiger partial charge in [0.15, 0.2) is 6.20 Å². The van der Waals surface area contributed by atoms with Crippen molar-refractivity contribution in [1.29, 1.82) is 0 Å². The van der Waals surface area contributed by atoms with E-state index in [4.69, 9.17) is 0 Å². The van der Waals surface area contributed by atoms with Gasteiger partial charge in [-0.05, 0) is 36.3 Å². The van der Waals surface area contributed by atoms with Crippen LogP contribution in [0.4, 0.5) is 0 Å². The Kier molecular flexibility index (Phi) is 10.3. The molecular weight excluding hydrogens is 330 g/mol. The van der Waals surface area contributed by atoms with Crippen LogP contribution >= 0.6 is 0 Å². The summed E-state index contributed by atoms with van der Waals surface area (Å²) in [5, 5.41) is 9.58. The highest BCUT2D eigenvalue weighted by Gasteiger charge is 2.06. The molecule has 1 heterocycles. The van der Waals surface area contributed by atoms with E-state index < -0.39 is 0 Å². The van der Waals surface area contributed by atoms with Crippen LogP contribution in [0.2, 0.25) is 0 Å². The number of aromatic hydroxyl groups is 1. The Labute approximate surface area is 165 Å². The fraction of sp³-hybridized carbons (Fsp3) is 0.480. The van der Waals surface area contributed by atoms with Gasteiger partial charge < -0.3 is 5.11 Å². The zero-order valence-corrected chi connectivity index (χ0v) is 16.9. The molecular formula is C25H36NO+. The first-order valence-corrected chi connectivity index (χ1v) is 10.7. The maximum atomic E-state index is 9.58. The third-order valence-electron chi connectivity index (χ3n) is 5.05. The van der Waals surface area contributed by atoms with Gasteiger partial charge in [-0.1, -0.05) is 70.4 Å². The highest BCUT2D eigenvalue weighted by atomic mass is 16.3. The predicted octanol–water partition coefficient (Wildman–Crippen LogP) is 6.77. The van der Waals surface area contributed by atoms with Crippen molar-refractivity contribution in [2.45, 2.75) is 77.7 Å². The number of phenols is 1. The molecule has 0 unspecified atom stereocenters. The number of benzene rings is 1. The fourth-order valence-electron chi connectivity index (χ4n) is 3.42. The summed E-state index contributed by atoms with van der Waals surface area (Å²) in [5.41, 5.74) is 2.22. The Hall–Kier alpha value is -2.09. The largest absolute Gasteiger partial charge is 0.508 e. The number of nitrogens with zero attached hydrogens (tertiary/aromatic N) is 1. The molecule has 0 aliphatic rings. The van der Waals surface area contributed by atoms with Crippen LogP contribution in [0, 0.1) is 0 Å². The molecule has 0 atom stereocenters. The second-order valence-corrected chi connectivity index (χ2v) is 7.43. The highest BCUT2D eigenvalue weighted by Crippen LogP contribution is 2.13. The van der Waals surface area contributed by atoms with Crippen LogP contribution in [0.3, 0.4) is 0 Å². The van der Waals surface area contributed by atoms with Crippen molar-refractivity contribution in [2.75, 3.05) is 0 Å². The molecule has 0 saturated carbocycles. The van der Waals surface area contributed by atoms with Crippen LogP contribution in [-0.4, -0.2) is 5.11 Å². The minimum atomic E-state index is 0.309. The number of aryl methyl sites for hydroxylation is 1.